The van der Waals surface area contributed by atoms with Gasteiger partial charge < -0.3 is 0 Å². The Morgan fingerprint density at radius 1 is 1.31 bits per heavy atom. The molecule has 0 aromatic rings. The molecule has 0 amide bonds. The van der Waals surface area contributed by atoms with E-state index in [-0.39, 0.29) is 0 Å². The Morgan fingerprint density at radius 2 is 1.85 bits per heavy atom. The molecule has 0 bridgehead atoms. The van der Waals surface area contributed by atoms with Gasteiger partial charge in [0.1, 0.15) is 0 Å². The molecular formula is C10H13F3. The van der Waals surface area contributed by atoms with Gasteiger partial charge >= 0.3 is 6.18 Å². The van der Waals surface area contributed by atoms with Crippen LogP contribution in [0.1, 0.15) is 20.3 Å². The van der Waals surface area contributed by atoms with E-state index in [9.17, 15) is 13.2 Å². The second-order valence-corrected chi connectivity index (χ2v) is 2.59. The van der Waals surface area contributed by atoms with Crippen molar-refractivity contribution >= 4 is 0 Å². The van der Waals surface area contributed by atoms with Gasteiger partial charge in [-0.3, -0.25) is 0 Å². The molecule has 0 fully saturated rings. The smallest absolute Gasteiger partial charge is 0.166 e. The Morgan fingerprint density at radius 3 is 2.15 bits per heavy atom. The van der Waals surface area contributed by atoms with Crippen molar-refractivity contribution in [3.05, 3.63) is 36.0 Å². The number of allylic oxidation sites excluding steroid dienone is 5. The molecule has 0 unspecified atom stereocenters. The molecule has 0 nitrogen and oxygen atoms in total. The lowest BCUT2D eigenvalue weighted by Gasteiger charge is -2.06. The highest BCUT2D eigenvalue weighted by molar-refractivity contribution is 5.28. The van der Waals surface area contributed by atoms with Crippen LogP contribution in [-0.4, -0.2) is 6.18 Å². The normalized spacial score (nSPS) is 13.8. The molecule has 0 aromatic carbocycles. The summed E-state index contributed by atoms with van der Waals surface area (Å²) in [6, 6.07) is 0. The van der Waals surface area contributed by atoms with Gasteiger partial charge in [0.15, 0.2) is 0 Å². The summed E-state index contributed by atoms with van der Waals surface area (Å²) >= 11 is 0. The topological polar surface area (TPSA) is 0 Å². The fourth-order valence-electron chi connectivity index (χ4n) is 0.680. The molecule has 0 spiro atoms. The van der Waals surface area contributed by atoms with Crippen LogP contribution >= 0.6 is 0 Å². The van der Waals surface area contributed by atoms with Crippen LogP contribution in [0.5, 0.6) is 0 Å². The first-order valence-corrected chi connectivity index (χ1v) is 4.01. The largest absolute Gasteiger partial charge is 0.416 e. The maximum atomic E-state index is 12.1. The van der Waals surface area contributed by atoms with Gasteiger partial charge in [0, 0.05) is 0 Å². The van der Waals surface area contributed by atoms with Gasteiger partial charge in [0.2, 0.25) is 0 Å². The van der Waals surface area contributed by atoms with Crippen molar-refractivity contribution in [2.24, 2.45) is 0 Å². The van der Waals surface area contributed by atoms with Gasteiger partial charge in [0.25, 0.3) is 0 Å². The van der Waals surface area contributed by atoms with E-state index in [4.69, 9.17) is 0 Å². The van der Waals surface area contributed by atoms with Gasteiger partial charge in [-0.1, -0.05) is 37.3 Å². The molecule has 0 aromatic heterocycles. The minimum absolute atomic E-state index is 0.637. The van der Waals surface area contributed by atoms with E-state index in [1.165, 1.54) is 13.0 Å². The van der Waals surface area contributed by atoms with Crippen molar-refractivity contribution in [3.8, 4) is 0 Å². The molecule has 0 saturated heterocycles. The summed E-state index contributed by atoms with van der Waals surface area (Å²) < 4.78 is 36.4. The standard InChI is InChI=1S/C10H13F3/c1-4-8(3)6-7-9(5-2)10(11,12)13/h5-7H,3-4H2,1-2H3/b7-6-,9-5+. The molecule has 3 heteroatoms. The SMILES string of the molecule is C=C(/C=C\C(=C/C)C(F)(F)F)CC. The van der Waals surface area contributed by atoms with E-state index in [1.54, 1.807) is 0 Å². The Labute approximate surface area is 76.5 Å². The third kappa shape index (κ3) is 4.55. The first-order chi connectivity index (χ1) is 5.91. The predicted molar refractivity (Wildman–Crippen MR) is 48.4 cm³/mol. The second-order valence-electron chi connectivity index (χ2n) is 2.59. The van der Waals surface area contributed by atoms with E-state index in [2.05, 4.69) is 6.58 Å². The third-order valence-corrected chi connectivity index (χ3v) is 1.59. The molecule has 0 radical (unpaired) electrons. The molecule has 13 heavy (non-hydrogen) atoms. The Bertz CT molecular complexity index is 231. The highest BCUT2D eigenvalue weighted by Crippen LogP contribution is 2.26. The maximum absolute atomic E-state index is 12.1. The van der Waals surface area contributed by atoms with Crippen molar-refractivity contribution in [2.45, 2.75) is 26.4 Å². The summed E-state index contributed by atoms with van der Waals surface area (Å²) in [5, 5.41) is 0. The molecule has 0 aliphatic carbocycles. The van der Waals surface area contributed by atoms with E-state index < -0.39 is 11.7 Å². The summed E-state index contributed by atoms with van der Waals surface area (Å²) in [6.07, 6.45) is -0.126. The molecule has 0 N–H and O–H groups in total. The van der Waals surface area contributed by atoms with Crippen LogP contribution in [-0.2, 0) is 0 Å². The van der Waals surface area contributed by atoms with Crippen molar-refractivity contribution in [1.82, 2.24) is 0 Å². The van der Waals surface area contributed by atoms with Gasteiger partial charge in [-0.25, -0.2) is 0 Å². The Kier molecular flexibility index (Phi) is 4.52. The van der Waals surface area contributed by atoms with E-state index in [0.717, 1.165) is 12.2 Å². The molecule has 0 aliphatic heterocycles. The number of halogens is 3. The quantitative estimate of drug-likeness (QED) is 0.589. The van der Waals surface area contributed by atoms with Gasteiger partial charge in [0.05, 0.1) is 5.57 Å². The molecule has 0 saturated carbocycles. The van der Waals surface area contributed by atoms with Crippen LogP contribution in [0.2, 0.25) is 0 Å². The zero-order valence-electron chi connectivity index (χ0n) is 7.78. The van der Waals surface area contributed by atoms with Crippen LogP contribution in [0.4, 0.5) is 13.2 Å². The molecule has 74 valence electrons. The Balaban J connectivity index is 4.50. The van der Waals surface area contributed by atoms with Crippen LogP contribution in [0.25, 0.3) is 0 Å². The average molecular weight is 190 g/mol. The van der Waals surface area contributed by atoms with Crippen LogP contribution in [0, 0.1) is 0 Å². The second kappa shape index (κ2) is 4.90. The lowest BCUT2D eigenvalue weighted by molar-refractivity contribution is -0.0883. The average Bonchev–Trinajstić information content (AvgIpc) is 2.02. The van der Waals surface area contributed by atoms with Crippen molar-refractivity contribution in [2.75, 3.05) is 0 Å². The van der Waals surface area contributed by atoms with Crippen molar-refractivity contribution in [1.29, 1.82) is 0 Å². The summed E-state index contributed by atoms with van der Waals surface area (Å²) in [5.74, 6) is 0. The van der Waals surface area contributed by atoms with Crippen LogP contribution in [0.15, 0.2) is 36.0 Å². The minimum Gasteiger partial charge on any atom is -0.166 e. The molecule has 0 rings (SSSR count). The molecular weight excluding hydrogens is 177 g/mol. The fourth-order valence-corrected chi connectivity index (χ4v) is 0.680. The first kappa shape index (κ1) is 12.0. The predicted octanol–water partition coefficient (Wildman–Crippen LogP) is 4.02. The molecule has 0 atom stereocenters. The third-order valence-electron chi connectivity index (χ3n) is 1.59. The molecule has 0 aliphatic rings. The zero-order valence-corrected chi connectivity index (χ0v) is 7.78. The number of hydrogen-bond donors (Lipinski definition) is 0. The van der Waals surface area contributed by atoms with Crippen molar-refractivity contribution < 1.29 is 13.2 Å². The summed E-state index contributed by atoms with van der Waals surface area (Å²) in [5.41, 5.74) is 0.0469. The summed E-state index contributed by atoms with van der Waals surface area (Å²) in [7, 11) is 0. The van der Waals surface area contributed by atoms with E-state index in [1.807, 2.05) is 6.92 Å². The summed E-state index contributed by atoms with van der Waals surface area (Å²) in [4.78, 5) is 0. The number of alkyl halides is 3. The van der Waals surface area contributed by atoms with Gasteiger partial charge in [-0.15, -0.1) is 0 Å². The monoisotopic (exact) mass is 190 g/mol. The minimum atomic E-state index is -4.26. The van der Waals surface area contributed by atoms with Gasteiger partial charge in [-0.05, 0) is 13.3 Å². The van der Waals surface area contributed by atoms with E-state index in [0.29, 0.717) is 12.0 Å². The molecule has 0 heterocycles. The highest BCUT2D eigenvalue weighted by atomic mass is 19.4. The van der Waals surface area contributed by atoms with Crippen LogP contribution in [0.3, 0.4) is 0 Å². The van der Waals surface area contributed by atoms with Gasteiger partial charge in [-0.2, -0.15) is 13.2 Å². The van der Waals surface area contributed by atoms with Crippen molar-refractivity contribution in [3.63, 3.8) is 0 Å². The van der Waals surface area contributed by atoms with E-state index >= 15 is 0 Å². The number of rotatable bonds is 3. The number of hydrogen-bond acceptors (Lipinski definition) is 0. The summed E-state index contributed by atoms with van der Waals surface area (Å²) in [6.45, 7) is 6.79. The maximum Gasteiger partial charge on any atom is 0.416 e. The zero-order chi connectivity index (χ0) is 10.5. The fraction of sp³-hybridized carbons (Fsp3) is 0.400. The van der Waals surface area contributed by atoms with Crippen LogP contribution < -0.4 is 0 Å². The lowest BCUT2D eigenvalue weighted by atomic mass is 10.1. The Hall–Kier alpha value is -0.990. The first-order valence-electron chi connectivity index (χ1n) is 4.01. The highest BCUT2D eigenvalue weighted by Gasteiger charge is 2.30. The lowest BCUT2D eigenvalue weighted by Crippen LogP contribution is -2.09.